The van der Waals surface area contributed by atoms with Gasteiger partial charge < -0.3 is 10.3 Å². The zero-order chi connectivity index (χ0) is 18.8. The average molecular weight is 351 g/mol. The van der Waals surface area contributed by atoms with Gasteiger partial charge in [0.2, 0.25) is 5.91 Å². The van der Waals surface area contributed by atoms with Gasteiger partial charge in [0.15, 0.2) is 5.78 Å². The molecule has 1 unspecified atom stereocenters. The van der Waals surface area contributed by atoms with Crippen molar-refractivity contribution < 1.29 is 9.59 Å². The molecule has 0 aliphatic heterocycles. The molecule has 132 valence electrons. The lowest BCUT2D eigenvalue weighted by atomic mass is 10.1. The van der Waals surface area contributed by atoms with Crippen molar-refractivity contribution in [2.45, 2.75) is 19.9 Å². The summed E-state index contributed by atoms with van der Waals surface area (Å²) in [7, 11) is 0. The molecule has 0 spiro atoms. The summed E-state index contributed by atoms with van der Waals surface area (Å²) in [6.45, 7) is 2.90. The van der Waals surface area contributed by atoms with Crippen LogP contribution in [0, 0.1) is 0 Å². The molecule has 7 heteroatoms. The smallest absolute Gasteiger partial charge is 0.324 e. The largest absolute Gasteiger partial charge is 0.329 e. The normalized spacial score (nSPS) is 11.9. The van der Waals surface area contributed by atoms with E-state index in [2.05, 4.69) is 10.3 Å². The monoisotopic (exact) mass is 351 g/mol. The number of amides is 1. The predicted octanol–water partition coefficient (Wildman–Crippen LogP) is 2.09. The maximum Gasteiger partial charge on any atom is 0.329 e. The second-order valence-electron chi connectivity index (χ2n) is 5.95. The molecule has 0 radical (unpaired) electrons. The van der Waals surface area contributed by atoms with Gasteiger partial charge in [-0.3, -0.25) is 14.4 Å². The highest BCUT2D eigenvalue weighted by atomic mass is 16.2. The summed E-state index contributed by atoms with van der Waals surface area (Å²) >= 11 is 0. The number of nitrogens with one attached hydrogen (secondary N) is 2. The van der Waals surface area contributed by atoms with Crippen molar-refractivity contribution >= 4 is 28.3 Å². The Morgan fingerprint density at radius 1 is 1.08 bits per heavy atom. The van der Waals surface area contributed by atoms with Gasteiger partial charge in [-0.05, 0) is 38.1 Å². The highest BCUT2D eigenvalue weighted by Gasteiger charge is 2.20. The van der Waals surface area contributed by atoms with Crippen LogP contribution in [0.1, 0.15) is 30.2 Å². The minimum Gasteiger partial charge on any atom is -0.324 e. The number of carbonyl (C=O) groups excluding carboxylic acids is 2. The summed E-state index contributed by atoms with van der Waals surface area (Å²) in [5.41, 5.74) is 0.0924. The third kappa shape index (κ3) is 3.19. The number of H-pyrrole nitrogens is 1. The van der Waals surface area contributed by atoms with Crippen LogP contribution in [0.15, 0.2) is 58.1 Å². The first-order valence-corrected chi connectivity index (χ1v) is 8.04. The van der Waals surface area contributed by atoms with Crippen LogP contribution in [0.3, 0.4) is 0 Å². The van der Waals surface area contributed by atoms with Gasteiger partial charge in [0.1, 0.15) is 6.04 Å². The third-order valence-corrected chi connectivity index (χ3v) is 4.14. The number of Topliss-reactive ketones (excluding diaryl/α,β-unsaturated/α-hetero) is 1. The molecule has 3 rings (SSSR count). The maximum atomic E-state index is 12.6. The molecule has 0 fully saturated rings. The van der Waals surface area contributed by atoms with Gasteiger partial charge in [0, 0.05) is 11.3 Å². The molecule has 2 aromatic carbocycles. The van der Waals surface area contributed by atoms with Crippen molar-refractivity contribution in [3.63, 3.8) is 0 Å². The molecule has 0 aliphatic carbocycles. The van der Waals surface area contributed by atoms with Crippen LogP contribution in [0.4, 0.5) is 5.69 Å². The number of nitrogens with zero attached hydrogens (tertiary/aromatic N) is 1. The first kappa shape index (κ1) is 17.3. The quantitative estimate of drug-likeness (QED) is 0.703. The molecular weight excluding hydrogens is 334 g/mol. The van der Waals surface area contributed by atoms with Gasteiger partial charge in [-0.1, -0.05) is 24.3 Å². The SMILES string of the molecule is CC(=O)c1cccc(NC(=O)C(C)n2c(=O)[nH]c3ccccc3c2=O)c1. The van der Waals surface area contributed by atoms with E-state index in [1.54, 1.807) is 48.5 Å². The van der Waals surface area contributed by atoms with Crippen molar-refractivity contribution in [3.8, 4) is 0 Å². The number of aromatic amines is 1. The third-order valence-electron chi connectivity index (χ3n) is 4.14. The number of carbonyl (C=O) groups is 2. The number of ketones is 1. The van der Waals surface area contributed by atoms with Crippen LogP contribution in [0.5, 0.6) is 0 Å². The van der Waals surface area contributed by atoms with Crippen LogP contribution in [-0.2, 0) is 4.79 Å². The van der Waals surface area contributed by atoms with Crippen molar-refractivity contribution in [2.24, 2.45) is 0 Å². The van der Waals surface area contributed by atoms with Gasteiger partial charge in [-0.2, -0.15) is 0 Å². The molecule has 1 aromatic heterocycles. The predicted molar refractivity (Wildman–Crippen MR) is 98.6 cm³/mol. The zero-order valence-electron chi connectivity index (χ0n) is 14.3. The maximum absolute atomic E-state index is 12.6. The summed E-state index contributed by atoms with van der Waals surface area (Å²) in [5.74, 6) is -0.662. The molecule has 0 saturated heterocycles. The fourth-order valence-corrected chi connectivity index (χ4v) is 2.71. The van der Waals surface area contributed by atoms with Gasteiger partial charge in [0.05, 0.1) is 10.9 Å². The topological polar surface area (TPSA) is 101 Å². The van der Waals surface area contributed by atoms with Gasteiger partial charge >= 0.3 is 5.69 Å². The standard InChI is InChI=1S/C19H17N3O4/c1-11(17(24)20-14-7-5-6-13(10-14)12(2)23)22-18(25)15-8-3-4-9-16(15)21-19(22)26/h3-11H,1-2H3,(H,20,24)(H,21,26). The Balaban J connectivity index is 1.96. The van der Waals surface area contributed by atoms with Crippen molar-refractivity contribution in [2.75, 3.05) is 5.32 Å². The van der Waals surface area contributed by atoms with E-state index in [0.717, 1.165) is 4.57 Å². The average Bonchev–Trinajstić information content (AvgIpc) is 2.61. The summed E-state index contributed by atoms with van der Waals surface area (Å²) in [4.78, 5) is 51.5. The summed E-state index contributed by atoms with van der Waals surface area (Å²) in [6, 6.07) is 12.0. The fraction of sp³-hybridized carbons (Fsp3) is 0.158. The molecule has 2 N–H and O–H groups in total. The highest BCUT2D eigenvalue weighted by molar-refractivity contribution is 5.98. The van der Waals surface area contributed by atoms with Crippen molar-refractivity contribution in [3.05, 3.63) is 74.9 Å². The second kappa shape index (κ2) is 6.79. The summed E-state index contributed by atoms with van der Waals surface area (Å²) in [6.07, 6.45) is 0. The Bertz CT molecular complexity index is 1130. The van der Waals surface area contributed by atoms with E-state index in [9.17, 15) is 19.2 Å². The first-order chi connectivity index (χ1) is 12.4. The van der Waals surface area contributed by atoms with Gasteiger partial charge in [-0.15, -0.1) is 0 Å². The Hall–Kier alpha value is -3.48. The van der Waals surface area contributed by atoms with E-state index in [-0.39, 0.29) is 5.78 Å². The molecule has 0 bridgehead atoms. The number of benzene rings is 2. The molecule has 7 nitrogen and oxygen atoms in total. The van der Waals surface area contributed by atoms with E-state index in [4.69, 9.17) is 0 Å². The zero-order valence-corrected chi connectivity index (χ0v) is 14.3. The lowest BCUT2D eigenvalue weighted by Gasteiger charge is -2.15. The fourth-order valence-electron chi connectivity index (χ4n) is 2.71. The molecule has 0 aliphatic rings. The van der Waals surface area contributed by atoms with E-state index in [0.29, 0.717) is 22.2 Å². The lowest BCUT2D eigenvalue weighted by Crippen LogP contribution is -2.41. The summed E-state index contributed by atoms with van der Waals surface area (Å²) < 4.78 is 0.881. The first-order valence-electron chi connectivity index (χ1n) is 8.04. The lowest BCUT2D eigenvalue weighted by molar-refractivity contribution is -0.119. The van der Waals surface area contributed by atoms with Crippen LogP contribution < -0.4 is 16.6 Å². The minimum absolute atomic E-state index is 0.128. The Morgan fingerprint density at radius 2 is 1.81 bits per heavy atom. The van der Waals surface area contributed by atoms with Crippen molar-refractivity contribution in [1.82, 2.24) is 9.55 Å². The Kier molecular flexibility index (Phi) is 4.53. The minimum atomic E-state index is -1.03. The second-order valence-corrected chi connectivity index (χ2v) is 5.95. The number of hydrogen-bond donors (Lipinski definition) is 2. The molecule has 26 heavy (non-hydrogen) atoms. The Morgan fingerprint density at radius 3 is 2.54 bits per heavy atom. The molecule has 1 amide bonds. The Labute approximate surface area is 148 Å². The number of para-hydroxylation sites is 1. The molecule has 1 atom stereocenters. The number of rotatable bonds is 4. The molecule has 0 saturated carbocycles. The summed E-state index contributed by atoms with van der Waals surface area (Å²) in [5, 5.41) is 2.96. The van der Waals surface area contributed by atoms with Crippen LogP contribution >= 0.6 is 0 Å². The van der Waals surface area contributed by atoms with Crippen molar-refractivity contribution in [1.29, 1.82) is 0 Å². The molecule has 1 heterocycles. The van der Waals surface area contributed by atoms with E-state index in [1.807, 2.05) is 0 Å². The number of anilines is 1. The number of aromatic nitrogens is 2. The highest BCUT2D eigenvalue weighted by Crippen LogP contribution is 2.14. The van der Waals surface area contributed by atoms with Gasteiger partial charge in [0.25, 0.3) is 5.56 Å². The molecule has 3 aromatic rings. The van der Waals surface area contributed by atoms with Crippen LogP contribution in [-0.4, -0.2) is 21.2 Å². The van der Waals surface area contributed by atoms with E-state index >= 15 is 0 Å². The van der Waals surface area contributed by atoms with E-state index in [1.165, 1.54) is 13.8 Å². The number of fused-ring (bicyclic) bond motifs is 1. The van der Waals surface area contributed by atoms with Crippen LogP contribution in [0.2, 0.25) is 0 Å². The van der Waals surface area contributed by atoms with E-state index < -0.39 is 23.2 Å². The van der Waals surface area contributed by atoms with Gasteiger partial charge in [-0.25, -0.2) is 9.36 Å². The number of hydrogen-bond acceptors (Lipinski definition) is 4. The van der Waals surface area contributed by atoms with Crippen LogP contribution in [0.25, 0.3) is 10.9 Å². The molecular formula is C19H17N3O4.